The number of thioether (sulfide) groups is 1. The third kappa shape index (κ3) is 4.08. The molecule has 1 heterocycles. The smallest absolute Gasteiger partial charge is 0.305 e. The van der Waals surface area contributed by atoms with E-state index < -0.39 is 17.1 Å². The zero-order valence-corrected chi connectivity index (χ0v) is 12.8. The number of amides is 2. The Hall–Kier alpha value is -2.34. The zero-order valence-electron chi connectivity index (χ0n) is 12.0. The van der Waals surface area contributed by atoms with E-state index in [1.807, 2.05) is 43.3 Å². The van der Waals surface area contributed by atoms with Crippen molar-refractivity contribution in [3.8, 4) is 0 Å². The summed E-state index contributed by atoms with van der Waals surface area (Å²) < 4.78 is 0. The number of hydrogen-bond donors (Lipinski definition) is 1. The summed E-state index contributed by atoms with van der Waals surface area (Å²) in [7, 11) is 0. The number of benzene rings is 1. The Morgan fingerprint density at radius 2 is 1.95 bits per heavy atom. The summed E-state index contributed by atoms with van der Waals surface area (Å²) in [6.07, 6.45) is 3.31. The summed E-state index contributed by atoms with van der Waals surface area (Å²) in [5.74, 6) is -1.47. The van der Waals surface area contributed by atoms with Crippen LogP contribution in [0.15, 0.2) is 46.9 Å². The van der Waals surface area contributed by atoms with Gasteiger partial charge in [-0.05, 0) is 35.9 Å². The Kier molecular flexibility index (Phi) is 5.16. The van der Waals surface area contributed by atoms with E-state index in [1.165, 1.54) is 0 Å². The molecule has 0 atom stereocenters. The lowest BCUT2D eigenvalue weighted by molar-refractivity contribution is -0.137. The molecule has 1 N–H and O–H groups in total. The molecule has 0 unspecified atom stereocenters. The van der Waals surface area contributed by atoms with Gasteiger partial charge in [0.2, 0.25) is 0 Å². The molecular formula is C16H15NO4S. The van der Waals surface area contributed by atoms with Gasteiger partial charge in [0.05, 0.1) is 11.3 Å². The predicted molar refractivity (Wildman–Crippen MR) is 85.1 cm³/mol. The maximum absolute atomic E-state index is 12.1. The van der Waals surface area contributed by atoms with Gasteiger partial charge in [0, 0.05) is 6.54 Å². The Labute approximate surface area is 132 Å². The molecule has 1 aromatic rings. The average Bonchev–Trinajstić information content (AvgIpc) is 2.72. The Balaban J connectivity index is 2.12. The van der Waals surface area contributed by atoms with Gasteiger partial charge in [0.25, 0.3) is 11.1 Å². The quantitative estimate of drug-likeness (QED) is 0.844. The van der Waals surface area contributed by atoms with E-state index in [4.69, 9.17) is 5.11 Å². The van der Waals surface area contributed by atoms with Gasteiger partial charge in [-0.3, -0.25) is 19.3 Å². The van der Waals surface area contributed by atoms with E-state index in [9.17, 15) is 14.4 Å². The number of carboxylic acids is 1. The summed E-state index contributed by atoms with van der Waals surface area (Å²) >= 11 is 0.837. The van der Waals surface area contributed by atoms with Crippen LogP contribution in [-0.2, 0) is 9.59 Å². The molecule has 5 nitrogen and oxygen atoms in total. The van der Waals surface area contributed by atoms with Crippen LogP contribution in [0.5, 0.6) is 0 Å². The highest BCUT2D eigenvalue weighted by molar-refractivity contribution is 8.18. The van der Waals surface area contributed by atoms with Crippen molar-refractivity contribution in [2.75, 3.05) is 6.54 Å². The van der Waals surface area contributed by atoms with Gasteiger partial charge < -0.3 is 5.11 Å². The van der Waals surface area contributed by atoms with E-state index >= 15 is 0 Å². The number of rotatable bonds is 5. The van der Waals surface area contributed by atoms with Crippen LogP contribution in [0.4, 0.5) is 4.79 Å². The fourth-order valence-electron chi connectivity index (χ4n) is 1.96. The van der Waals surface area contributed by atoms with Crippen LogP contribution in [0.1, 0.15) is 18.9 Å². The van der Waals surface area contributed by atoms with Crippen molar-refractivity contribution >= 4 is 35.0 Å². The summed E-state index contributed by atoms with van der Waals surface area (Å²) in [5.41, 5.74) is 1.84. The van der Waals surface area contributed by atoms with E-state index in [2.05, 4.69) is 0 Å². The molecule has 2 amide bonds. The molecule has 2 rings (SSSR count). The number of allylic oxidation sites excluding steroid dienone is 2. The minimum absolute atomic E-state index is 0.0984. The van der Waals surface area contributed by atoms with Crippen molar-refractivity contribution in [2.45, 2.75) is 13.3 Å². The fourth-order valence-corrected chi connectivity index (χ4v) is 2.88. The van der Waals surface area contributed by atoms with Crippen molar-refractivity contribution in [3.63, 3.8) is 0 Å². The van der Waals surface area contributed by atoms with Crippen LogP contribution in [0, 0.1) is 0 Å². The van der Waals surface area contributed by atoms with Crippen molar-refractivity contribution in [2.24, 2.45) is 0 Å². The highest BCUT2D eigenvalue weighted by atomic mass is 32.2. The van der Waals surface area contributed by atoms with Gasteiger partial charge in [-0.25, -0.2) is 0 Å². The number of carboxylic acid groups (broad SMARTS) is 1. The average molecular weight is 317 g/mol. The monoisotopic (exact) mass is 317 g/mol. The minimum atomic E-state index is -1.04. The number of nitrogens with zero attached hydrogens (tertiary/aromatic N) is 1. The second-order valence-corrected chi connectivity index (χ2v) is 5.77. The highest BCUT2D eigenvalue weighted by Crippen LogP contribution is 2.31. The summed E-state index contributed by atoms with van der Waals surface area (Å²) in [6, 6.07) is 9.63. The van der Waals surface area contributed by atoms with Gasteiger partial charge >= 0.3 is 5.97 Å². The molecule has 6 heteroatoms. The van der Waals surface area contributed by atoms with Gasteiger partial charge in [-0.1, -0.05) is 36.4 Å². The molecule has 0 bridgehead atoms. The molecular weight excluding hydrogens is 302 g/mol. The van der Waals surface area contributed by atoms with E-state index in [-0.39, 0.29) is 13.0 Å². The van der Waals surface area contributed by atoms with E-state index in [0.717, 1.165) is 27.8 Å². The van der Waals surface area contributed by atoms with E-state index in [0.29, 0.717) is 4.91 Å². The SMILES string of the molecule is CC(=Cc1ccccc1)C=C1SC(=O)N(CCC(=O)O)C1=O. The first-order valence-corrected chi connectivity index (χ1v) is 7.49. The Morgan fingerprint density at radius 1 is 1.27 bits per heavy atom. The molecule has 1 saturated heterocycles. The van der Waals surface area contributed by atoms with Gasteiger partial charge in [0.15, 0.2) is 0 Å². The largest absolute Gasteiger partial charge is 0.481 e. The first kappa shape index (κ1) is 16.0. The third-order valence-electron chi connectivity index (χ3n) is 2.98. The maximum Gasteiger partial charge on any atom is 0.305 e. The number of imide groups is 1. The van der Waals surface area contributed by atoms with Crippen molar-refractivity contribution in [3.05, 3.63) is 52.4 Å². The predicted octanol–water partition coefficient (Wildman–Crippen LogP) is 3.14. The standard InChI is InChI=1S/C16H15NO4S/c1-11(9-12-5-3-2-4-6-12)10-13-15(20)17(16(21)22-13)8-7-14(18)19/h2-6,9-10H,7-8H2,1H3,(H,18,19). The van der Waals surface area contributed by atoms with Crippen LogP contribution >= 0.6 is 11.8 Å². The lowest BCUT2D eigenvalue weighted by Gasteiger charge is -2.09. The van der Waals surface area contributed by atoms with Crippen LogP contribution in [0.25, 0.3) is 6.08 Å². The molecule has 1 aliphatic rings. The molecule has 0 aliphatic carbocycles. The van der Waals surface area contributed by atoms with Crippen molar-refractivity contribution in [1.29, 1.82) is 0 Å². The van der Waals surface area contributed by atoms with Crippen molar-refractivity contribution < 1.29 is 19.5 Å². The second kappa shape index (κ2) is 7.09. The second-order valence-electron chi connectivity index (χ2n) is 4.78. The summed E-state index contributed by atoms with van der Waals surface area (Å²) in [5, 5.41) is 8.22. The van der Waals surface area contributed by atoms with E-state index in [1.54, 1.807) is 6.08 Å². The molecule has 0 saturated carbocycles. The van der Waals surface area contributed by atoms with Crippen LogP contribution in [-0.4, -0.2) is 33.7 Å². The zero-order chi connectivity index (χ0) is 16.1. The number of hydrogen-bond acceptors (Lipinski definition) is 4. The summed E-state index contributed by atoms with van der Waals surface area (Å²) in [4.78, 5) is 35.7. The lowest BCUT2D eigenvalue weighted by atomic mass is 10.1. The molecule has 1 aromatic carbocycles. The molecule has 22 heavy (non-hydrogen) atoms. The number of carbonyl (C=O) groups is 3. The molecule has 0 spiro atoms. The van der Waals surface area contributed by atoms with Crippen LogP contribution in [0.2, 0.25) is 0 Å². The topological polar surface area (TPSA) is 74.7 Å². The van der Waals surface area contributed by atoms with Gasteiger partial charge in [-0.2, -0.15) is 0 Å². The molecule has 0 radical (unpaired) electrons. The van der Waals surface area contributed by atoms with Crippen LogP contribution in [0.3, 0.4) is 0 Å². The summed E-state index contributed by atoms with van der Waals surface area (Å²) in [6.45, 7) is 1.75. The fraction of sp³-hybridized carbons (Fsp3) is 0.188. The minimum Gasteiger partial charge on any atom is -0.481 e. The van der Waals surface area contributed by atoms with Crippen LogP contribution < -0.4 is 0 Å². The number of aliphatic carboxylic acids is 1. The molecule has 0 aromatic heterocycles. The lowest BCUT2D eigenvalue weighted by Crippen LogP contribution is -2.30. The third-order valence-corrected chi connectivity index (χ3v) is 3.88. The maximum atomic E-state index is 12.1. The molecule has 1 fully saturated rings. The molecule has 1 aliphatic heterocycles. The number of carbonyl (C=O) groups excluding carboxylic acids is 2. The Morgan fingerprint density at radius 3 is 2.59 bits per heavy atom. The first-order valence-electron chi connectivity index (χ1n) is 6.68. The van der Waals surface area contributed by atoms with Gasteiger partial charge in [-0.15, -0.1) is 0 Å². The molecule has 114 valence electrons. The van der Waals surface area contributed by atoms with Gasteiger partial charge in [0.1, 0.15) is 0 Å². The Bertz CT molecular complexity index is 664. The van der Waals surface area contributed by atoms with Crippen molar-refractivity contribution in [1.82, 2.24) is 4.90 Å². The normalized spacial score (nSPS) is 17.4. The first-order chi connectivity index (χ1) is 10.5. The highest BCUT2D eigenvalue weighted by Gasteiger charge is 2.34.